The Morgan fingerprint density at radius 3 is 2.77 bits per heavy atom. The average molecular weight is 182 g/mol. The molecular formula is C11H22N2. The largest absolute Gasteiger partial charge is 0.330 e. The van der Waals surface area contributed by atoms with Crippen LogP contribution < -0.4 is 5.73 Å². The Hall–Kier alpha value is -0.0800. The molecule has 1 aliphatic heterocycles. The zero-order chi connectivity index (χ0) is 9.10. The van der Waals surface area contributed by atoms with Crippen molar-refractivity contribution in [3.05, 3.63) is 0 Å². The van der Waals surface area contributed by atoms with Crippen molar-refractivity contribution in [1.82, 2.24) is 4.90 Å². The van der Waals surface area contributed by atoms with Crippen LogP contribution in [0.3, 0.4) is 0 Å². The minimum absolute atomic E-state index is 0.869. The summed E-state index contributed by atoms with van der Waals surface area (Å²) in [5.74, 6) is 1.05. The lowest BCUT2D eigenvalue weighted by atomic mass is 10.1. The highest BCUT2D eigenvalue weighted by molar-refractivity contribution is 4.84. The van der Waals surface area contributed by atoms with Crippen LogP contribution in [0.4, 0.5) is 0 Å². The van der Waals surface area contributed by atoms with Crippen molar-refractivity contribution >= 4 is 0 Å². The van der Waals surface area contributed by atoms with Gasteiger partial charge in [0.05, 0.1) is 0 Å². The van der Waals surface area contributed by atoms with E-state index in [9.17, 15) is 0 Å². The van der Waals surface area contributed by atoms with E-state index in [1.165, 1.54) is 51.6 Å². The summed E-state index contributed by atoms with van der Waals surface area (Å²) in [4.78, 5) is 2.72. The predicted molar refractivity (Wildman–Crippen MR) is 55.6 cm³/mol. The van der Waals surface area contributed by atoms with Crippen LogP contribution in [0.25, 0.3) is 0 Å². The molecule has 0 bridgehead atoms. The number of hydrogen-bond acceptors (Lipinski definition) is 2. The molecule has 2 rings (SSSR count). The fourth-order valence-electron chi connectivity index (χ4n) is 2.45. The van der Waals surface area contributed by atoms with Crippen molar-refractivity contribution in [2.75, 3.05) is 19.6 Å². The molecule has 13 heavy (non-hydrogen) atoms. The third-order valence-electron chi connectivity index (χ3n) is 3.43. The molecule has 1 aliphatic carbocycles. The van der Waals surface area contributed by atoms with E-state index in [1.54, 1.807) is 0 Å². The van der Waals surface area contributed by atoms with Gasteiger partial charge in [0.2, 0.25) is 0 Å². The number of nitrogens with two attached hydrogens (primary N) is 1. The van der Waals surface area contributed by atoms with Gasteiger partial charge >= 0.3 is 0 Å². The Balaban J connectivity index is 1.72. The van der Waals surface area contributed by atoms with E-state index in [0.29, 0.717) is 0 Å². The van der Waals surface area contributed by atoms with Crippen molar-refractivity contribution in [1.29, 1.82) is 0 Å². The summed E-state index contributed by atoms with van der Waals surface area (Å²) < 4.78 is 0. The summed E-state index contributed by atoms with van der Waals surface area (Å²) in [6.07, 6.45) is 8.37. The molecule has 2 aliphatic rings. The van der Waals surface area contributed by atoms with Crippen molar-refractivity contribution in [3.8, 4) is 0 Å². The molecule has 0 aromatic heterocycles. The maximum atomic E-state index is 5.55. The molecule has 1 atom stereocenters. The van der Waals surface area contributed by atoms with Crippen LogP contribution in [0.2, 0.25) is 0 Å². The molecule has 2 heteroatoms. The first-order valence-electron chi connectivity index (χ1n) is 5.84. The van der Waals surface area contributed by atoms with E-state index in [1.807, 2.05) is 0 Å². The summed E-state index contributed by atoms with van der Waals surface area (Å²) >= 11 is 0. The summed E-state index contributed by atoms with van der Waals surface area (Å²) in [6.45, 7) is 3.61. The van der Waals surface area contributed by atoms with Crippen molar-refractivity contribution in [2.45, 2.75) is 44.6 Å². The first-order valence-corrected chi connectivity index (χ1v) is 5.84. The van der Waals surface area contributed by atoms with Crippen molar-refractivity contribution in [2.24, 2.45) is 11.7 Å². The van der Waals surface area contributed by atoms with E-state index in [0.717, 1.165) is 18.5 Å². The lowest BCUT2D eigenvalue weighted by Gasteiger charge is -2.24. The maximum Gasteiger partial charge on any atom is 0.00963 e. The smallest absolute Gasteiger partial charge is 0.00963 e. The van der Waals surface area contributed by atoms with Gasteiger partial charge in [-0.15, -0.1) is 0 Å². The van der Waals surface area contributed by atoms with E-state index < -0.39 is 0 Å². The van der Waals surface area contributed by atoms with E-state index in [4.69, 9.17) is 5.73 Å². The minimum Gasteiger partial charge on any atom is -0.330 e. The van der Waals surface area contributed by atoms with Gasteiger partial charge in [-0.3, -0.25) is 0 Å². The van der Waals surface area contributed by atoms with Gasteiger partial charge in [0, 0.05) is 12.6 Å². The SMILES string of the molecule is NCCCC1CCCN1CC1CC1. The molecule has 2 N–H and O–H groups in total. The molecule has 76 valence electrons. The van der Waals surface area contributed by atoms with Gasteiger partial charge in [-0.2, -0.15) is 0 Å². The Kier molecular flexibility index (Phi) is 3.23. The monoisotopic (exact) mass is 182 g/mol. The predicted octanol–water partition coefficient (Wildman–Crippen LogP) is 1.60. The highest BCUT2D eigenvalue weighted by Crippen LogP contribution is 2.33. The zero-order valence-corrected chi connectivity index (χ0v) is 8.54. The first kappa shape index (κ1) is 9.47. The van der Waals surface area contributed by atoms with Gasteiger partial charge in [0.15, 0.2) is 0 Å². The molecule has 0 aromatic rings. The Morgan fingerprint density at radius 1 is 1.23 bits per heavy atom. The van der Waals surface area contributed by atoms with Crippen LogP contribution in [0.5, 0.6) is 0 Å². The quantitative estimate of drug-likeness (QED) is 0.700. The molecule has 2 fully saturated rings. The number of likely N-dealkylation sites (tertiary alicyclic amines) is 1. The first-order chi connectivity index (χ1) is 6.40. The molecule has 1 saturated carbocycles. The normalized spacial score (nSPS) is 29.8. The maximum absolute atomic E-state index is 5.55. The Morgan fingerprint density at radius 2 is 2.08 bits per heavy atom. The molecule has 0 amide bonds. The molecule has 1 unspecified atom stereocenters. The summed E-state index contributed by atoms with van der Waals surface area (Å²) in [7, 11) is 0. The third-order valence-corrected chi connectivity index (χ3v) is 3.43. The average Bonchev–Trinajstić information content (AvgIpc) is 2.82. The van der Waals surface area contributed by atoms with E-state index in [-0.39, 0.29) is 0 Å². The molecule has 2 nitrogen and oxygen atoms in total. The van der Waals surface area contributed by atoms with Crippen LogP contribution in [-0.2, 0) is 0 Å². The molecular weight excluding hydrogens is 160 g/mol. The van der Waals surface area contributed by atoms with E-state index >= 15 is 0 Å². The Bertz CT molecular complexity index is 154. The van der Waals surface area contributed by atoms with Crippen molar-refractivity contribution in [3.63, 3.8) is 0 Å². The number of nitrogens with zero attached hydrogens (tertiary/aromatic N) is 1. The van der Waals surface area contributed by atoms with Gasteiger partial charge in [-0.1, -0.05) is 0 Å². The second-order valence-corrected chi connectivity index (χ2v) is 4.67. The standard InChI is InChI=1S/C11H22N2/c12-7-1-3-11-4-2-8-13(11)9-10-5-6-10/h10-11H,1-9,12H2. The fraction of sp³-hybridized carbons (Fsp3) is 1.00. The molecule has 1 saturated heterocycles. The lowest BCUT2D eigenvalue weighted by Crippen LogP contribution is -2.31. The molecule has 0 aromatic carbocycles. The summed E-state index contributed by atoms with van der Waals surface area (Å²) in [5.41, 5.74) is 5.55. The molecule has 0 spiro atoms. The second-order valence-electron chi connectivity index (χ2n) is 4.67. The summed E-state index contributed by atoms with van der Waals surface area (Å²) in [6, 6.07) is 0.879. The third kappa shape index (κ3) is 2.68. The van der Waals surface area contributed by atoms with Crippen LogP contribution >= 0.6 is 0 Å². The lowest BCUT2D eigenvalue weighted by molar-refractivity contribution is 0.231. The van der Waals surface area contributed by atoms with Crippen LogP contribution in [0.1, 0.15) is 38.5 Å². The van der Waals surface area contributed by atoms with Gasteiger partial charge in [-0.25, -0.2) is 0 Å². The highest BCUT2D eigenvalue weighted by Gasteiger charge is 2.30. The summed E-state index contributed by atoms with van der Waals surface area (Å²) in [5, 5.41) is 0. The fourth-order valence-corrected chi connectivity index (χ4v) is 2.45. The molecule has 1 heterocycles. The van der Waals surface area contributed by atoms with Crippen LogP contribution in [-0.4, -0.2) is 30.6 Å². The van der Waals surface area contributed by atoms with Crippen LogP contribution in [0, 0.1) is 5.92 Å². The topological polar surface area (TPSA) is 29.3 Å². The van der Waals surface area contributed by atoms with Crippen molar-refractivity contribution < 1.29 is 0 Å². The van der Waals surface area contributed by atoms with E-state index in [2.05, 4.69) is 4.90 Å². The number of rotatable bonds is 5. The second kappa shape index (κ2) is 4.43. The Labute approximate surface area is 81.5 Å². The molecule has 0 radical (unpaired) electrons. The highest BCUT2D eigenvalue weighted by atomic mass is 15.2. The van der Waals surface area contributed by atoms with Crippen LogP contribution in [0.15, 0.2) is 0 Å². The number of hydrogen-bond donors (Lipinski definition) is 1. The minimum atomic E-state index is 0.869. The van der Waals surface area contributed by atoms with Gasteiger partial charge in [0.1, 0.15) is 0 Å². The van der Waals surface area contributed by atoms with Gasteiger partial charge in [0.25, 0.3) is 0 Å². The zero-order valence-electron chi connectivity index (χ0n) is 8.54. The van der Waals surface area contributed by atoms with Gasteiger partial charge in [-0.05, 0) is 57.5 Å². The van der Waals surface area contributed by atoms with Gasteiger partial charge < -0.3 is 10.6 Å².